The van der Waals surface area contributed by atoms with E-state index < -0.39 is 0 Å². The molecule has 220 valence electrons. The molecule has 0 radical (unpaired) electrons. The molecule has 10 aromatic rings. The summed E-state index contributed by atoms with van der Waals surface area (Å²) < 4.78 is 11.2. The van der Waals surface area contributed by atoms with Crippen molar-refractivity contribution in [1.82, 2.24) is 18.9 Å². The lowest BCUT2D eigenvalue weighted by Crippen LogP contribution is -1.96. The highest BCUT2D eigenvalue weighted by Crippen LogP contribution is 2.40. The predicted octanol–water partition coefficient (Wildman–Crippen LogP) is 10.7. The zero-order valence-corrected chi connectivity index (χ0v) is 25.2. The van der Waals surface area contributed by atoms with Crippen LogP contribution in [0.15, 0.2) is 158 Å². The lowest BCUT2D eigenvalue weighted by molar-refractivity contribution is 0.484. The van der Waals surface area contributed by atoms with Gasteiger partial charge in [0.1, 0.15) is 23.0 Å². The number of pyridine rings is 2. The average Bonchev–Trinajstić information content (AvgIpc) is 3.69. The van der Waals surface area contributed by atoms with E-state index in [1.165, 1.54) is 21.9 Å². The summed E-state index contributed by atoms with van der Waals surface area (Å²) in [4.78, 5) is 9.83. The molecule has 4 aromatic heterocycles. The number of aromatic nitrogens is 4. The number of hydrogen-bond acceptors (Lipinski definition) is 3. The summed E-state index contributed by atoms with van der Waals surface area (Å²) >= 11 is 0. The molecule has 0 unspecified atom stereocenters. The van der Waals surface area contributed by atoms with Crippen molar-refractivity contribution in [1.29, 1.82) is 0 Å². The summed E-state index contributed by atoms with van der Waals surface area (Å²) in [5.41, 5.74) is 8.61. The van der Waals surface area contributed by atoms with Crippen LogP contribution in [0.5, 0.6) is 11.5 Å². The van der Waals surface area contributed by atoms with Crippen LogP contribution in [0.4, 0.5) is 0 Å². The van der Waals surface area contributed by atoms with E-state index in [1.54, 1.807) is 0 Å². The summed E-state index contributed by atoms with van der Waals surface area (Å²) in [6.07, 6.45) is 1.83. The Hall–Kier alpha value is -6.46. The maximum absolute atomic E-state index is 6.66. The molecule has 6 aromatic carbocycles. The zero-order valence-electron chi connectivity index (χ0n) is 25.2. The second-order valence-corrected chi connectivity index (χ2v) is 11.9. The summed E-state index contributed by atoms with van der Waals surface area (Å²) in [6.45, 7) is 0. The normalized spacial score (nSPS) is 11.8. The average molecular weight is 603 g/mol. The van der Waals surface area contributed by atoms with Crippen molar-refractivity contribution in [2.24, 2.45) is 0 Å². The Bertz CT molecular complexity index is 2820. The lowest BCUT2D eigenvalue weighted by Gasteiger charge is -2.15. The minimum absolute atomic E-state index is 0.753. The first-order chi connectivity index (χ1) is 23.3. The Labute approximate surface area is 269 Å². The topological polar surface area (TPSA) is 44.3 Å². The fourth-order valence-corrected chi connectivity index (χ4v) is 7.19. The first kappa shape index (κ1) is 25.8. The van der Waals surface area contributed by atoms with Crippen LogP contribution in [0, 0.1) is 0 Å². The van der Waals surface area contributed by atoms with Gasteiger partial charge in [0.25, 0.3) is 0 Å². The number of ether oxygens (including phenoxy) is 1. The number of para-hydroxylation sites is 3. The molecule has 0 aliphatic rings. The fourth-order valence-electron chi connectivity index (χ4n) is 7.19. The predicted molar refractivity (Wildman–Crippen MR) is 192 cm³/mol. The molecule has 0 saturated carbocycles. The van der Waals surface area contributed by atoms with E-state index in [-0.39, 0.29) is 0 Å². The molecule has 0 spiro atoms. The van der Waals surface area contributed by atoms with Gasteiger partial charge in [-0.15, -0.1) is 0 Å². The molecule has 0 aliphatic carbocycles. The van der Waals surface area contributed by atoms with Gasteiger partial charge in [0.2, 0.25) is 0 Å². The van der Waals surface area contributed by atoms with E-state index in [1.807, 2.05) is 30.5 Å². The molecular weight excluding hydrogens is 576 g/mol. The molecular formula is C42H26N4O. The minimum atomic E-state index is 0.753. The van der Waals surface area contributed by atoms with Gasteiger partial charge in [-0.1, -0.05) is 78.9 Å². The van der Waals surface area contributed by atoms with Crippen LogP contribution < -0.4 is 4.74 Å². The molecule has 0 fully saturated rings. The third-order valence-electron chi connectivity index (χ3n) is 9.19. The summed E-state index contributed by atoms with van der Waals surface area (Å²) in [5, 5.41) is 5.71. The largest absolute Gasteiger partial charge is 0.457 e. The standard InChI is InChI=1S/C42H26N4O/c1-2-11-27(12-3-1)30-14-10-18-38-41(30)33-23-21-28(25-34(33)42-44-35-15-5-7-17-37(35)46(38)42)47-29-20-22-32-31-13-4-6-16-36(31)45(39(32)26-29)40-19-8-9-24-43-40/h1-26H. The Balaban J connectivity index is 1.20. The Morgan fingerprint density at radius 1 is 0.489 bits per heavy atom. The van der Waals surface area contributed by atoms with E-state index in [2.05, 4.69) is 141 Å². The number of benzene rings is 6. The maximum Gasteiger partial charge on any atom is 0.146 e. The first-order valence-electron chi connectivity index (χ1n) is 15.8. The number of rotatable bonds is 4. The molecule has 0 saturated heterocycles. The minimum Gasteiger partial charge on any atom is -0.457 e. The number of imidazole rings is 1. The van der Waals surface area contributed by atoms with E-state index in [9.17, 15) is 0 Å². The first-order valence-corrected chi connectivity index (χ1v) is 15.8. The molecule has 5 nitrogen and oxygen atoms in total. The van der Waals surface area contributed by atoms with Crippen LogP contribution in [-0.4, -0.2) is 18.9 Å². The molecule has 10 rings (SSSR count). The van der Waals surface area contributed by atoms with E-state index in [0.29, 0.717) is 0 Å². The lowest BCUT2D eigenvalue weighted by atomic mass is 9.96. The van der Waals surface area contributed by atoms with Crippen molar-refractivity contribution in [3.8, 4) is 28.4 Å². The van der Waals surface area contributed by atoms with E-state index >= 15 is 0 Å². The van der Waals surface area contributed by atoms with Crippen LogP contribution in [-0.2, 0) is 0 Å². The number of hydrogen-bond donors (Lipinski definition) is 0. The number of fused-ring (bicyclic) bond motifs is 11. The van der Waals surface area contributed by atoms with Crippen molar-refractivity contribution in [2.75, 3.05) is 0 Å². The van der Waals surface area contributed by atoms with Crippen molar-refractivity contribution >= 4 is 60.2 Å². The summed E-state index contributed by atoms with van der Waals surface area (Å²) in [7, 11) is 0. The maximum atomic E-state index is 6.66. The SMILES string of the molecule is c1ccc(-c2cccc3c2c2ccc(Oc4ccc5c6ccccc6n(-c6ccccn6)c5c4)cc2c2nc4ccccc4n32)cc1. The molecule has 0 aliphatic heterocycles. The molecule has 0 atom stereocenters. The summed E-state index contributed by atoms with van der Waals surface area (Å²) in [6, 6.07) is 52.6. The zero-order chi connectivity index (χ0) is 30.9. The molecule has 47 heavy (non-hydrogen) atoms. The Morgan fingerprint density at radius 3 is 2.09 bits per heavy atom. The fraction of sp³-hybridized carbons (Fsp3) is 0. The third-order valence-corrected chi connectivity index (χ3v) is 9.19. The van der Waals surface area contributed by atoms with Crippen LogP contribution in [0.2, 0.25) is 0 Å². The van der Waals surface area contributed by atoms with Gasteiger partial charge in [0.05, 0.1) is 27.6 Å². The van der Waals surface area contributed by atoms with Crippen LogP contribution in [0.25, 0.3) is 77.1 Å². The Morgan fingerprint density at radius 2 is 1.21 bits per heavy atom. The van der Waals surface area contributed by atoms with Crippen molar-refractivity contribution in [3.63, 3.8) is 0 Å². The highest BCUT2D eigenvalue weighted by atomic mass is 16.5. The second kappa shape index (κ2) is 10.0. The van der Waals surface area contributed by atoms with Crippen molar-refractivity contribution in [3.05, 3.63) is 158 Å². The molecule has 0 N–H and O–H groups in total. The van der Waals surface area contributed by atoms with Gasteiger partial charge in [-0.2, -0.15) is 0 Å². The highest BCUT2D eigenvalue weighted by molar-refractivity contribution is 6.19. The van der Waals surface area contributed by atoms with Gasteiger partial charge in [-0.05, 0) is 83.2 Å². The van der Waals surface area contributed by atoms with Gasteiger partial charge in [-0.25, -0.2) is 9.97 Å². The molecule has 0 bridgehead atoms. The van der Waals surface area contributed by atoms with Gasteiger partial charge in [-0.3, -0.25) is 8.97 Å². The van der Waals surface area contributed by atoms with Crippen LogP contribution in [0.3, 0.4) is 0 Å². The van der Waals surface area contributed by atoms with Crippen LogP contribution in [0.1, 0.15) is 0 Å². The molecule has 4 heterocycles. The number of nitrogens with zero attached hydrogens (tertiary/aromatic N) is 4. The van der Waals surface area contributed by atoms with Gasteiger partial charge in [0.15, 0.2) is 0 Å². The van der Waals surface area contributed by atoms with Gasteiger partial charge in [0, 0.05) is 33.8 Å². The van der Waals surface area contributed by atoms with Crippen LogP contribution >= 0.6 is 0 Å². The van der Waals surface area contributed by atoms with Crippen molar-refractivity contribution in [2.45, 2.75) is 0 Å². The second-order valence-electron chi connectivity index (χ2n) is 11.9. The highest BCUT2D eigenvalue weighted by Gasteiger charge is 2.18. The summed E-state index contributed by atoms with van der Waals surface area (Å²) in [5.74, 6) is 2.38. The van der Waals surface area contributed by atoms with Gasteiger partial charge >= 0.3 is 0 Å². The molecule has 5 heteroatoms. The van der Waals surface area contributed by atoms with E-state index in [4.69, 9.17) is 9.72 Å². The monoisotopic (exact) mass is 602 g/mol. The third kappa shape index (κ3) is 3.90. The van der Waals surface area contributed by atoms with E-state index in [0.717, 1.165) is 66.7 Å². The Kier molecular flexibility index (Phi) is 5.51. The smallest absolute Gasteiger partial charge is 0.146 e. The van der Waals surface area contributed by atoms with Gasteiger partial charge < -0.3 is 4.74 Å². The quantitative estimate of drug-likeness (QED) is 0.188. The van der Waals surface area contributed by atoms with Crippen molar-refractivity contribution < 1.29 is 4.74 Å². The molecule has 0 amide bonds.